The summed E-state index contributed by atoms with van der Waals surface area (Å²) in [5.74, 6) is 1.18. The predicted octanol–water partition coefficient (Wildman–Crippen LogP) is 3.63. The van der Waals surface area contributed by atoms with Crippen LogP contribution >= 0.6 is 0 Å². The van der Waals surface area contributed by atoms with E-state index in [1.807, 2.05) is 30.3 Å². The average molecular weight is 536 g/mol. The van der Waals surface area contributed by atoms with Crippen molar-refractivity contribution in [3.8, 4) is 22.8 Å². The summed E-state index contributed by atoms with van der Waals surface area (Å²) in [6.07, 6.45) is 0. The zero-order valence-electron chi connectivity index (χ0n) is 22.8. The molecule has 0 aliphatic carbocycles. The fraction of sp³-hybridized carbons (Fsp3) is 0.379. The number of carbonyl (C=O) groups is 2. The third-order valence-corrected chi connectivity index (χ3v) is 6.70. The molecule has 2 heterocycles. The van der Waals surface area contributed by atoms with Crippen LogP contribution in [0.3, 0.4) is 0 Å². The van der Waals surface area contributed by atoms with Crippen LogP contribution in [0.1, 0.15) is 19.4 Å². The summed E-state index contributed by atoms with van der Waals surface area (Å²) in [6, 6.07) is 15.4. The van der Waals surface area contributed by atoms with Crippen molar-refractivity contribution < 1.29 is 23.5 Å². The monoisotopic (exact) mass is 535 g/mol. The number of amides is 2. The second kappa shape index (κ2) is 12.6. The van der Waals surface area contributed by atoms with E-state index >= 15 is 0 Å². The zero-order valence-corrected chi connectivity index (χ0v) is 22.8. The summed E-state index contributed by atoms with van der Waals surface area (Å²) in [4.78, 5) is 31.3. The van der Waals surface area contributed by atoms with E-state index in [9.17, 15) is 14.0 Å². The van der Waals surface area contributed by atoms with Gasteiger partial charge in [-0.15, -0.1) is 10.2 Å². The molecule has 206 valence electrons. The Bertz CT molecular complexity index is 1280. The first-order valence-electron chi connectivity index (χ1n) is 12.9. The number of hydrogen-bond donors (Lipinski definition) is 0. The average Bonchev–Trinajstić information content (AvgIpc) is 2.97. The van der Waals surface area contributed by atoms with Gasteiger partial charge in [0, 0.05) is 44.2 Å². The summed E-state index contributed by atoms with van der Waals surface area (Å²) in [5, 5.41) is 8.81. The Morgan fingerprint density at radius 2 is 1.62 bits per heavy atom. The Morgan fingerprint density at radius 1 is 0.923 bits per heavy atom. The number of ether oxygens (including phenoxy) is 2. The molecule has 1 aliphatic heterocycles. The third kappa shape index (κ3) is 6.81. The van der Waals surface area contributed by atoms with Gasteiger partial charge in [-0.2, -0.15) is 0 Å². The van der Waals surface area contributed by atoms with Gasteiger partial charge >= 0.3 is 0 Å². The highest BCUT2D eigenvalue weighted by Crippen LogP contribution is 2.31. The maximum atomic E-state index is 13.3. The van der Waals surface area contributed by atoms with E-state index in [2.05, 4.69) is 15.1 Å². The van der Waals surface area contributed by atoms with E-state index in [0.717, 1.165) is 16.9 Å². The first kappa shape index (κ1) is 27.8. The molecule has 2 aromatic carbocycles. The van der Waals surface area contributed by atoms with Crippen LogP contribution in [-0.2, 0) is 16.1 Å². The number of rotatable bonds is 9. The van der Waals surface area contributed by atoms with Crippen LogP contribution in [0, 0.1) is 11.7 Å². The Labute approximate surface area is 228 Å². The lowest BCUT2D eigenvalue weighted by Crippen LogP contribution is -2.52. The number of aromatic nitrogens is 2. The second-order valence-corrected chi connectivity index (χ2v) is 9.69. The Hall–Kier alpha value is -4.21. The van der Waals surface area contributed by atoms with Gasteiger partial charge in [0.1, 0.15) is 12.4 Å². The Kier molecular flexibility index (Phi) is 8.96. The van der Waals surface area contributed by atoms with E-state index in [0.29, 0.717) is 43.4 Å². The minimum Gasteiger partial charge on any atom is -0.493 e. The van der Waals surface area contributed by atoms with Crippen molar-refractivity contribution >= 4 is 17.6 Å². The molecule has 0 saturated carbocycles. The normalized spacial score (nSPS) is 13.4. The molecule has 1 saturated heterocycles. The van der Waals surface area contributed by atoms with Crippen LogP contribution in [-0.4, -0.2) is 78.8 Å². The molecule has 0 atom stereocenters. The summed E-state index contributed by atoms with van der Waals surface area (Å²) >= 11 is 0. The summed E-state index contributed by atoms with van der Waals surface area (Å²) in [6.45, 7) is 6.08. The van der Waals surface area contributed by atoms with Gasteiger partial charge in [0.25, 0.3) is 0 Å². The van der Waals surface area contributed by atoms with Crippen LogP contribution in [0.4, 0.5) is 10.2 Å². The van der Waals surface area contributed by atoms with Gasteiger partial charge in [0.05, 0.1) is 19.9 Å². The number of piperazine rings is 1. The van der Waals surface area contributed by atoms with Gasteiger partial charge in [0.15, 0.2) is 17.3 Å². The SMILES string of the molecule is COc1ccc(-c2ccc(N3CCN(C(=O)CN(Cc4ccc(F)cc4)C(=O)C(C)C)CC3)nn2)cc1OC. The minimum atomic E-state index is -0.338. The topological polar surface area (TPSA) is 88.1 Å². The van der Waals surface area contributed by atoms with Crippen molar-refractivity contribution in [3.05, 3.63) is 66.0 Å². The van der Waals surface area contributed by atoms with Crippen LogP contribution in [0.15, 0.2) is 54.6 Å². The van der Waals surface area contributed by atoms with Gasteiger partial charge in [0.2, 0.25) is 11.8 Å². The molecule has 3 aromatic rings. The Balaban J connectivity index is 1.35. The van der Waals surface area contributed by atoms with Crippen molar-refractivity contribution in [2.45, 2.75) is 20.4 Å². The predicted molar refractivity (Wildman–Crippen MR) is 146 cm³/mol. The first-order chi connectivity index (χ1) is 18.8. The Morgan fingerprint density at radius 3 is 2.21 bits per heavy atom. The molecule has 0 N–H and O–H groups in total. The highest BCUT2D eigenvalue weighted by Gasteiger charge is 2.26. The van der Waals surface area contributed by atoms with Gasteiger partial charge in [-0.3, -0.25) is 9.59 Å². The molecule has 1 aliphatic rings. The number of hydrogen-bond acceptors (Lipinski definition) is 7. The maximum absolute atomic E-state index is 13.3. The number of carbonyl (C=O) groups excluding carboxylic acids is 2. The van der Waals surface area contributed by atoms with E-state index in [1.54, 1.807) is 50.0 Å². The van der Waals surface area contributed by atoms with Crippen LogP contribution in [0.5, 0.6) is 11.5 Å². The molecule has 2 amide bonds. The molecule has 39 heavy (non-hydrogen) atoms. The molecule has 10 heteroatoms. The number of methoxy groups -OCH3 is 2. The van der Waals surface area contributed by atoms with Crippen molar-refractivity contribution in [3.63, 3.8) is 0 Å². The number of nitrogens with zero attached hydrogens (tertiary/aromatic N) is 5. The van der Waals surface area contributed by atoms with E-state index in [1.165, 1.54) is 12.1 Å². The van der Waals surface area contributed by atoms with Crippen molar-refractivity contribution in [2.24, 2.45) is 5.92 Å². The molecule has 9 nitrogen and oxygen atoms in total. The smallest absolute Gasteiger partial charge is 0.242 e. The van der Waals surface area contributed by atoms with E-state index in [4.69, 9.17) is 9.47 Å². The standard InChI is InChI=1S/C29H34FN5O4/c1-20(2)29(37)35(18-21-5-8-23(30)9-6-21)19-28(36)34-15-13-33(14-16-34)27-12-10-24(31-32-27)22-7-11-25(38-3)26(17-22)39-4/h5-12,17,20H,13-16,18-19H2,1-4H3. The molecule has 0 bridgehead atoms. The third-order valence-electron chi connectivity index (χ3n) is 6.70. The molecule has 0 unspecified atom stereocenters. The van der Waals surface area contributed by atoms with Crippen LogP contribution in [0.25, 0.3) is 11.3 Å². The van der Waals surface area contributed by atoms with Crippen LogP contribution in [0.2, 0.25) is 0 Å². The van der Waals surface area contributed by atoms with Crippen LogP contribution < -0.4 is 14.4 Å². The molecule has 0 spiro atoms. The summed E-state index contributed by atoms with van der Waals surface area (Å²) in [7, 11) is 3.18. The molecular weight excluding hydrogens is 501 g/mol. The molecular formula is C29H34FN5O4. The lowest BCUT2D eigenvalue weighted by Gasteiger charge is -2.36. The van der Waals surface area contributed by atoms with Gasteiger partial charge in [-0.05, 0) is 48.0 Å². The molecule has 1 fully saturated rings. The van der Waals surface area contributed by atoms with Gasteiger partial charge in [-0.25, -0.2) is 4.39 Å². The first-order valence-corrected chi connectivity index (χ1v) is 12.9. The van der Waals surface area contributed by atoms with Crippen molar-refractivity contribution in [1.29, 1.82) is 0 Å². The van der Waals surface area contributed by atoms with E-state index in [-0.39, 0.29) is 36.6 Å². The maximum Gasteiger partial charge on any atom is 0.242 e. The highest BCUT2D eigenvalue weighted by molar-refractivity contribution is 5.85. The fourth-order valence-electron chi connectivity index (χ4n) is 4.48. The lowest BCUT2D eigenvalue weighted by molar-refractivity contribution is -0.143. The quantitative estimate of drug-likeness (QED) is 0.414. The lowest BCUT2D eigenvalue weighted by atomic mass is 10.1. The molecule has 4 rings (SSSR count). The molecule has 0 radical (unpaired) electrons. The largest absolute Gasteiger partial charge is 0.493 e. The zero-order chi connectivity index (χ0) is 27.9. The minimum absolute atomic E-state index is 0.0196. The highest BCUT2D eigenvalue weighted by atomic mass is 19.1. The van der Waals surface area contributed by atoms with E-state index < -0.39 is 0 Å². The van der Waals surface area contributed by atoms with Crippen molar-refractivity contribution in [2.75, 3.05) is 51.8 Å². The summed E-state index contributed by atoms with van der Waals surface area (Å²) in [5.41, 5.74) is 2.35. The number of halogens is 1. The summed E-state index contributed by atoms with van der Waals surface area (Å²) < 4.78 is 24.0. The molecule has 1 aromatic heterocycles. The van der Waals surface area contributed by atoms with Crippen molar-refractivity contribution in [1.82, 2.24) is 20.0 Å². The number of anilines is 1. The second-order valence-electron chi connectivity index (χ2n) is 9.69. The van der Waals surface area contributed by atoms with Gasteiger partial charge < -0.3 is 24.2 Å². The fourth-order valence-corrected chi connectivity index (χ4v) is 4.48. The van der Waals surface area contributed by atoms with Gasteiger partial charge in [-0.1, -0.05) is 26.0 Å². The number of benzene rings is 2.